The first-order valence-corrected chi connectivity index (χ1v) is 6.89. The lowest BCUT2D eigenvalue weighted by molar-refractivity contribution is 0.203. The molecule has 2 aromatic heterocycles. The second kappa shape index (κ2) is 4.64. The third kappa shape index (κ3) is 1.83. The van der Waals surface area contributed by atoms with Gasteiger partial charge in [0.15, 0.2) is 0 Å². The van der Waals surface area contributed by atoms with E-state index in [1.165, 1.54) is 7.05 Å². The van der Waals surface area contributed by atoms with Crippen molar-refractivity contribution >= 4 is 61.2 Å². The molecule has 0 fully saturated rings. The lowest BCUT2D eigenvalue weighted by Crippen LogP contribution is -2.24. The Morgan fingerprint density at radius 3 is 3.00 bits per heavy atom. The zero-order valence-electron chi connectivity index (χ0n) is 10.3. The highest BCUT2D eigenvalue weighted by Gasteiger charge is 2.19. The SMILES string of the molecule is CN(C(=O)O)c1cc(Cl)c(Br)c2c1[nH]c1ncccc12. The topological polar surface area (TPSA) is 69.2 Å². The van der Waals surface area contributed by atoms with Crippen molar-refractivity contribution in [1.29, 1.82) is 0 Å². The van der Waals surface area contributed by atoms with Crippen molar-refractivity contribution in [3.8, 4) is 0 Å². The number of hydrogen-bond donors (Lipinski definition) is 2. The van der Waals surface area contributed by atoms with Crippen LogP contribution in [0, 0.1) is 0 Å². The molecule has 2 heterocycles. The summed E-state index contributed by atoms with van der Waals surface area (Å²) in [7, 11) is 1.47. The van der Waals surface area contributed by atoms with Gasteiger partial charge >= 0.3 is 6.09 Å². The molecule has 0 radical (unpaired) electrons. The number of carboxylic acid groups (broad SMARTS) is 1. The third-order valence-corrected chi connectivity index (χ3v) is 4.52. The van der Waals surface area contributed by atoms with E-state index in [0.717, 1.165) is 20.1 Å². The first-order chi connectivity index (χ1) is 9.50. The number of aromatic amines is 1. The number of nitrogens with one attached hydrogen (secondary N) is 1. The fraction of sp³-hybridized carbons (Fsp3) is 0.0769. The van der Waals surface area contributed by atoms with Gasteiger partial charge in [-0.2, -0.15) is 0 Å². The van der Waals surface area contributed by atoms with Crippen molar-refractivity contribution in [3.63, 3.8) is 0 Å². The predicted octanol–water partition coefficient (Wildman–Crippen LogP) is 4.25. The lowest BCUT2D eigenvalue weighted by Gasteiger charge is -2.15. The van der Waals surface area contributed by atoms with Crippen LogP contribution in [0.4, 0.5) is 10.5 Å². The number of rotatable bonds is 1. The summed E-state index contributed by atoms with van der Waals surface area (Å²) in [5.41, 5.74) is 1.85. The van der Waals surface area contributed by atoms with Gasteiger partial charge in [0, 0.05) is 28.5 Å². The number of nitrogens with zero attached hydrogens (tertiary/aromatic N) is 2. The third-order valence-electron chi connectivity index (χ3n) is 3.17. The number of H-pyrrole nitrogens is 1. The second-order valence-corrected chi connectivity index (χ2v) is 5.51. The second-order valence-electron chi connectivity index (χ2n) is 4.31. The molecule has 0 saturated carbocycles. The molecule has 2 N–H and O–H groups in total. The van der Waals surface area contributed by atoms with Crippen LogP contribution in [0.2, 0.25) is 5.02 Å². The normalized spacial score (nSPS) is 11.2. The van der Waals surface area contributed by atoms with E-state index in [4.69, 9.17) is 11.6 Å². The van der Waals surface area contributed by atoms with E-state index in [9.17, 15) is 9.90 Å². The number of benzene rings is 1. The predicted molar refractivity (Wildman–Crippen MR) is 82.7 cm³/mol. The number of fused-ring (bicyclic) bond motifs is 3. The molecule has 0 bridgehead atoms. The lowest BCUT2D eigenvalue weighted by atomic mass is 10.1. The summed E-state index contributed by atoms with van der Waals surface area (Å²) >= 11 is 9.65. The number of hydrogen-bond acceptors (Lipinski definition) is 2. The van der Waals surface area contributed by atoms with Crippen molar-refractivity contribution in [2.75, 3.05) is 11.9 Å². The molecule has 0 spiro atoms. The summed E-state index contributed by atoms with van der Waals surface area (Å²) in [4.78, 5) is 19.7. The maximum atomic E-state index is 11.2. The van der Waals surface area contributed by atoms with Gasteiger partial charge in [-0.25, -0.2) is 9.78 Å². The van der Waals surface area contributed by atoms with Crippen LogP contribution >= 0.6 is 27.5 Å². The van der Waals surface area contributed by atoms with E-state index in [1.54, 1.807) is 12.3 Å². The molecule has 1 aromatic carbocycles. The molecule has 20 heavy (non-hydrogen) atoms. The standard InChI is InChI=1S/C13H9BrClN3O2/c1-18(13(19)20)8-5-7(15)10(14)9-6-3-2-4-16-12(6)17-11(8)9/h2-5H,1H3,(H,16,17)(H,19,20). The van der Waals surface area contributed by atoms with Crippen molar-refractivity contribution in [2.24, 2.45) is 0 Å². The van der Waals surface area contributed by atoms with Gasteiger partial charge in [-0.1, -0.05) is 11.6 Å². The minimum atomic E-state index is -1.06. The molecule has 3 rings (SSSR count). The van der Waals surface area contributed by atoms with Crippen molar-refractivity contribution in [1.82, 2.24) is 9.97 Å². The highest BCUT2D eigenvalue weighted by atomic mass is 79.9. The van der Waals surface area contributed by atoms with Crippen molar-refractivity contribution in [2.45, 2.75) is 0 Å². The molecule has 102 valence electrons. The number of amides is 1. The van der Waals surface area contributed by atoms with Crippen LogP contribution in [0.15, 0.2) is 28.9 Å². The van der Waals surface area contributed by atoms with E-state index in [-0.39, 0.29) is 0 Å². The van der Waals surface area contributed by atoms with Crippen LogP contribution in [0.5, 0.6) is 0 Å². The summed E-state index contributed by atoms with van der Waals surface area (Å²) in [5, 5.41) is 11.3. The number of anilines is 1. The van der Waals surface area contributed by atoms with E-state index < -0.39 is 6.09 Å². The number of carbonyl (C=O) groups is 1. The smallest absolute Gasteiger partial charge is 0.411 e. The average molecular weight is 355 g/mol. The van der Waals surface area contributed by atoms with Gasteiger partial charge in [0.2, 0.25) is 0 Å². The molecular formula is C13H9BrClN3O2. The summed E-state index contributed by atoms with van der Waals surface area (Å²) < 4.78 is 0.718. The van der Waals surface area contributed by atoms with Crippen LogP contribution < -0.4 is 4.90 Å². The highest BCUT2D eigenvalue weighted by Crippen LogP contribution is 2.40. The molecule has 1 amide bonds. The first-order valence-electron chi connectivity index (χ1n) is 5.71. The summed E-state index contributed by atoms with van der Waals surface area (Å²) in [6.07, 6.45) is 0.615. The van der Waals surface area contributed by atoms with Gasteiger partial charge in [0.25, 0.3) is 0 Å². The average Bonchev–Trinajstić information content (AvgIpc) is 2.81. The Balaban J connectivity index is 2.49. The Bertz CT molecular complexity index is 846. The number of pyridine rings is 1. The van der Waals surface area contributed by atoms with Gasteiger partial charge in [0.05, 0.1) is 16.2 Å². The van der Waals surface area contributed by atoms with Gasteiger partial charge in [0.1, 0.15) is 5.65 Å². The van der Waals surface area contributed by atoms with Crippen LogP contribution in [-0.2, 0) is 0 Å². The van der Waals surface area contributed by atoms with Gasteiger partial charge in [-0.3, -0.25) is 4.90 Å². The van der Waals surface area contributed by atoms with Crippen LogP contribution in [0.1, 0.15) is 0 Å². The van der Waals surface area contributed by atoms with Crippen molar-refractivity contribution in [3.05, 3.63) is 33.9 Å². The van der Waals surface area contributed by atoms with Gasteiger partial charge in [-0.05, 0) is 34.1 Å². The summed E-state index contributed by atoms with van der Waals surface area (Å²) in [6, 6.07) is 5.34. The molecule has 3 aromatic rings. The summed E-state index contributed by atoms with van der Waals surface area (Å²) in [5.74, 6) is 0. The zero-order chi connectivity index (χ0) is 14.4. The Kier molecular flexibility index (Phi) is 3.07. The molecule has 0 aliphatic carbocycles. The Morgan fingerprint density at radius 2 is 2.30 bits per heavy atom. The quantitative estimate of drug-likeness (QED) is 0.686. The van der Waals surface area contributed by atoms with Crippen LogP contribution in [0.3, 0.4) is 0 Å². The minimum Gasteiger partial charge on any atom is -0.465 e. The zero-order valence-corrected chi connectivity index (χ0v) is 12.7. The van der Waals surface area contributed by atoms with Gasteiger partial charge in [-0.15, -0.1) is 0 Å². The minimum absolute atomic E-state index is 0.449. The molecule has 0 saturated heterocycles. The molecular weight excluding hydrogens is 346 g/mol. The van der Waals surface area contributed by atoms with E-state index in [1.807, 2.05) is 12.1 Å². The van der Waals surface area contributed by atoms with Crippen molar-refractivity contribution < 1.29 is 9.90 Å². The fourth-order valence-corrected chi connectivity index (χ4v) is 2.91. The molecule has 7 heteroatoms. The van der Waals surface area contributed by atoms with Gasteiger partial charge < -0.3 is 10.1 Å². The van der Waals surface area contributed by atoms with Crippen LogP contribution in [-0.4, -0.2) is 28.2 Å². The monoisotopic (exact) mass is 353 g/mol. The molecule has 0 unspecified atom stereocenters. The highest BCUT2D eigenvalue weighted by molar-refractivity contribution is 9.10. The molecule has 5 nitrogen and oxygen atoms in total. The molecule has 0 atom stereocenters. The Morgan fingerprint density at radius 1 is 1.55 bits per heavy atom. The van der Waals surface area contributed by atoms with E-state index in [0.29, 0.717) is 21.9 Å². The van der Waals surface area contributed by atoms with Crippen LogP contribution in [0.25, 0.3) is 21.9 Å². The molecule has 0 aliphatic rings. The van der Waals surface area contributed by atoms with E-state index in [2.05, 4.69) is 25.9 Å². The Hall–Kier alpha value is -1.79. The maximum absolute atomic E-state index is 11.2. The first kappa shape index (κ1) is 13.2. The van der Waals surface area contributed by atoms with E-state index >= 15 is 0 Å². The number of aromatic nitrogens is 2. The fourth-order valence-electron chi connectivity index (χ4n) is 2.18. The maximum Gasteiger partial charge on any atom is 0.411 e. The molecule has 0 aliphatic heterocycles. The largest absolute Gasteiger partial charge is 0.465 e. The summed E-state index contributed by atoms with van der Waals surface area (Å²) in [6.45, 7) is 0. The Labute approximate surface area is 127 Å². The number of halogens is 2.